The van der Waals surface area contributed by atoms with Crippen LogP contribution in [0, 0.1) is 0 Å². The lowest BCUT2D eigenvalue weighted by atomic mass is 9.54. The Kier molecular flexibility index (Phi) is 6.47. The summed E-state index contributed by atoms with van der Waals surface area (Å²) in [6.45, 7) is 9.79. The van der Waals surface area contributed by atoms with Gasteiger partial charge in [0.25, 0.3) is 0 Å². The summed E-state index contributed by atoms with van der Waals surface area (Å²) >= 11 is 1.92. The van der Waals surface area contributed by atoms with E-state index in [1.54, 1.807) is 0 Å². The van der Waals surface area contributed by atoms with Crippen LogP contribution in [0.25, 0.3) is 86.7 Å². The molecule has 1 aliphatic carbocycles. The van der Waals surface area contributed by atoms with E-state index in [-0.39, 0.29) is 10.8 Å². The van der Waals surface area contributed by atoms with E-state index in [9.17, 15) is 0 Å². The summed E-state index contributed by atoms with van der Waals surface area (Å²) in [5.41, 5.74) is 11.6. The topological polar surface area (TPSA) is 25.8 Å². The fourth-order valence-corrected chi connectivity index (χ4v) is 9.60. The first-order chi connectivity index (χ1) is 24.8. The highest BCUT2D eigenvalue weighted by atomic mass is 32.1. The molecule has 3 heteroatoms. The van der Waals surface area contributed by atoms with Gasteiger partial charge in [0.1, 0.15) is 0 Å². The molecule has 0 aliphatic heterocycles. The predicted molar refractivity (Wildman–Crippen MR) is 218 cm³/mol. The first-order valence-corrected chi connectivity index (χ1v) is 18.6. The molecule has 51 heavy (non-hydrogen) atoms. The molecule has 1 aliphatic rings. The number of aromatic nitrogens is 2. The molecule has 0 spiro atoms. The molecule has 0 saturated carbocycles. The Hall–Kier alpha value is -5.64. The van der Waals surface area contributed by atoms with Gasteiger partial charge >= 0.3 is 0 Å². The SMILES string of the molecule is CC1(C)c2cc(-c3ccc4c(-c5ccccc5)nc(-c5ccccc5)nc4c3)ccc2-c2ccc3sc4ccc5ccccc5c4c3c2C1(C)C. The number of hydrogen-bond donors (Lipinski definition) is 0. The van der Waals surface area contributed by atoms with Gasteiger partial charge in [-0.1, -0.05) is 143 Å². The summed E-state index contributed by atoms with van der Waals surface area (Å²) in [7, 11) is 0. The number of thiophene rings is 1. The van der Waals surface area contributed by atoms with Crippen LogP contribution in [0.2, 0.25) is 0 Å². The maximum atomic E-state index is 5.15. The molecule has 0 atom stereocenters. The maximum absolute atomic E-state index is 5.15. The van der Waals surface area contributed by atoms with Gasteiger partial charge in [0, 0.05) is 42.1 Å². The lowest BCUT2D eigenvalue weighted by Gasteiger charge is -2.49. The van der Waals surface area contributed by atoms with E-state index in [4.69, 9.17) is 9.97 Å². The van der Waals surface area contributed by atoms with Gasteiger partial charge in [-0.2, -0.15) is 0 Å². The molecule has 2 nitrogen and oxygen atoms in total. The van der Waals surface area contributed by atoms with Crippen molar-refractivity contribution in [2.24, 2.45) is 0 Å². The Bertz CT molecular complexity index is 2850. The zero-order valence-electron chi connectivity index (χ0n) is 29.2. The maximum Gasteiger partial charge on any atom is 0.160 e. The van der Waals surface area contributed by atoms with E-state index in [1.165, 1.54) is 58.8 Å². The number of fused-ring (bicyclic) bond motifs is 10. The molecule has 0 unspecified atom stereocenters. The van der Waals surface area contributed by atoms with Crippen LogP contribution in [0.15, 0.2) is 146 Å². The van der Waals surface area contributed by atoms with E-state index in [0.29, 0.717) is 0 Å². The van der Waals surface area contributed by atoms with Crippen molar-refractivity contribution in [1.29, 1.82) is 0 Å². The summed E-state index contributed by atoms with van der Waals surface area (Å²) in [6.07, 6.45) is 0. The third kappa shape index (κ3) is 4.41. The first-order valence-electron chi connectivity index (χ1n) is 17.7. The van der Waals surface area contributed by atoms with Crippen LogP contribution in [-0.2, 0) is 10.8 Å². The molecule has 0 saturated heterocycles. The molecule has 0 radical (unpaired) electrons. The second-order valence-corrected chi connectivity index (χ2v) is 16.1. The molecular weight excluding hydrogens is 637 g/mol. The molecule has 0 bridgehead atoms. The van der Waals surface area contributed by atoms with Gasteiger partial charge < -0.3 is 0 Å². The van der Waals surface area contributed by atoms with E-state index in [2.05, 4.69) is 149 Å². The fourth-order valence-electron chi connectivity index (χ4n) is 8.47. The molecule has 0 amide bonds. The van der Waals surface area contributed by atoms with Gasteiger partial charge in [0.2, 0.25) is 0 Å². The molecule has 2 aromatic heterocycles. The van der Waals surface area contributed by atoms with Gasteiger partial charge in [0.05, 0.1) is 11.2 Å². The van der Waals surface area contributed by atoms with Crippen molar-refractivity contribution in [3.63, 3.8) is 0 Å². The van der Waals surface area contributed by atoms with Crippen LogP contribution in [0.5, 0.6) is 0 Å². The van der Waals surface area contributed by atoms with Gasteiger partial charge in [-0.3, -0.25) is 0 Å². The van der Waals surface area contributed by atoms with Crippen molar-refractivity contribution in [1.82, 2.24) is 9.97 Å². The van der Waals surface area contributed by atoms with E-state index in [1.807, 2.05) is 35.6 Å². The molecule has 2 heterocycles. The van der Waals surface area contributed by atoms with Crippen LogP contribution in [0.3, 0.4) is 0 Å². The highest BCUT2D eigenvalue weighted by molar-refractivity contribution is 7.26. The second-order valence-electron chi connectivity index (χ2n) is 15.0. The zero-order valence-corrected chi connectivity index (χ0v) is 30.0. The van der Waals surface area contributed by atoms with Crippen LogP contribution in [0.4, 0.5) is 0 Å². The third-order valence-corrected chi connectivity index (χ3v) is 12.9. The number of nitrogens with zero attached hydrogens (tertiary/aromatic N) is 2. The summed E-state index contributed by atoms with van der Waals surface area (Å²) < 4.78 is 2.73. The smallest absolute Gasteiger partial charge is 0.160 e. The number of rotatable bonds is 3. The van der Waals surface area contributed by atoms with Gasteiger partial charge in [-0.15, -0.1) is 11.3 Å². The normalized spacial score (nSPS) is 14.6. The summed E-state index contributed by atoms with van der Waals surface area (Å²) in [5, 5.41) is 6.52. The average molecular weight is 673 g/mol. The average Bonchev–Trinajstić information content (AvgIpc) is 3.56. The van der Waals surface area contributed by atoms with Crippen molar-refractivity contribution in [3.8, 4) is 44.9 Å². The molecule has 244 valence electrons. The Morgan fingerprint density at radius 3 is 1.92 bits per heavy atom. The van der Waals surface area contributed by atoms with Crippen molar-refractivity contribution >= 4 is 53.2 Å². The monoisotopic (exact) mass is 672 g/mol. The van der Waals surface area contributed by atoms with Crippen molar-refractivity contribution in [2.45, 2.75) is 38.5 Å². The van der Waals surface area contributed by atoms with Crippen LogP contribution >= 0.6 is 11.3 Å². The van der Waals surface area contributed by atoms with Crippen molar-refractivity contribution in [3.05, 3.63) is 157 Å². The summed E-state index contributed by atoms with van der Waals surface area (Å²) in [6, 6.07) is 52.7. The van der Waals surface area contributed by atoms with Crippen LogP contribution in [-0.4, -0.2) is 9.97 Å². The zero-order chi connectivity index (χ0) is 34.5. The second kappa shape index (κ2) is 10.9. The predicted octanol–water partition coefficient (Wildman–Crippen LogP) is 13.4. The molecule has 10 rings (SSSR count). The minimum atomic E-state index is -0.140. The highest BCUT2D eigenvalue weighted by Crippen LogP contribution is 2.58. The van der Waals surface area contributed by atoms with Gasteiger partial charge in [0.15, 0.2) is 5.82 Å². The van der Waals surface area contributed by atoms with E-state index < -0.39 is 0 Å². The Balaban J connectivity index is 1.18. The number of benzene rings is 7. The van der Waals surface area contributed by atoms with Gasteiger partial charge in [-0.25, -0.2) is 9.97 Å². The third-order valence-electron chi connectivity index (χ3n) is 11.8. The van der Waals surface area contributed by atoms with E-state index in [0.717, 1.165) is 39.1 Å². The van der Waals surface area contributed by atoms with Crippen LogP contribution in [0.1, 0.15) is 38.8 Å². The minimum absolute atomic E-state index is 0.135. The quantitative estimate of drug-likeness (QED) is 0.187. The Morgan fingerprint density at radius 2 is 1.12 bits per heavy atom. The molecule has 9 aromatic rings. The lowest BCUT2D eigenvalue weighted by Crippen LogP contribution is -2.43. The first kappa shape index (κ1) is 30.2. The van der Waals surface area contributed by atoms with Gasteiger partial charge in [-0.05, 0) is 79.9 Å². The molecule has 0 fully saturated rings. The largest absolute Gasteiger partial charge is 0.228 e. The lowest BCUT2D eigenvalue weighted by molar-refractivity contribution is 0.301. The van der Waals surface area contributed by atoms with Crippen molar-refractivity contribution < 1.29 is 0 Å². The molecular formula is C48H36N2S. The van der Waals surface area contributed by atoms with E-state index >= 15 is 0 Å². The Morgan fingerprint density at radius 1 is 0.471 bits per heavy atom. The standard InChI is InChI=1S/C48H36N2S/c1-47(2)38-27-32(33-20-23-37-39(28-33)49-46(31-16-9-6-10-17-31)50-45(37)30-14-7-5-8-15-30)19-22-35(38)36-24-26-41-43(44(36)48(47,3)4)42-34-18-12-11-13-29(34)21-25-40(42)51-41/h5-28H,1-4H3. The minimum Gasteiger partial charge on any atom is -0.228 e. The molecule has 0 N–H and O–H groups in total. The van der Waals surface area contributed by atoms with Crippen LogP contribution < -0.4 is 0 Å². The number of hydrogen-bond acceptors (Lipinski definition) is 3. The highest BCUT2D eigenvalue weighted by Gasteiger charge is 2.47. The Labute approximate surface area is 302 Å². The van der Waals surface area contributed by atoms with Crippen molar-refractivity contribution in [2.75, 3.05) is 0 Å². The summed E-state index contributed by atoms with van der Waals surface area (Å²) in [5.74, 6) is 0.740. The molecule has 7 aromatic carbocycles. The summed E-state index contributed by atoms with van der Waals surface area (Å²) in [4.78, 5) is 10.2. The fraction of sp³-hybridized carbons (Fsp3) is 0.125.